The number of aromatic nitrogens is 1. The van der Waals surface area contributed by atoms with Crippen LogP contribution in [0.4, 0.5) is 24.7 Å². The van der Waals surface area contributed by atoms with Crippen LogP contribution in [0, 0.1) is 23.5 Å². The zero-order chi connectivity index (χ0) is 32.1. The van der Waals surface area contributed by atoms with Gasteiger partial charge >= 0.3 is 0 Å². The SMILES string of the molecule is C=C(/C(=C\C)C(C)C(C)C)N1C[C@](C)(c2cccc(Cl)c2F)c2c1cnc(NC1CN(C(=O)C3CCC(C)(F)CN3)C1)c2F. The summed E-state index contributed by atoms with van der Waals surface area (Å²) in [7, 11) is 0. The highest BCUT2D eigenvalue weighted by molar-refractivity contribution is 6.30. The number of anilines is 2. The largest absolute Gasteiger partial charge is 0.361 e. The lowest BCUT2D eigenvalue weighted by Crippen LogP contribution is -2.62. The normalized spacial score (nSPS) is 26.4. The molecule has 4 atom stereocenters. The number of alkyl halides is 1. The van der Waals surface area contributed by atoms with Crippen LogP contribution in [-0.2, 0) is 10.2 Å². The lowest BCUT2D eigenvalue weighted by atomic mass is 9.77. The Morgan fingerprint density at radius 2 is 1.93 bits per heavy atom. The van der Waals surface area contributed by atoms with E-state index in [9.17, 15) is 9.18 Å². The van der Waals surface area contributed by atoms with Crippen LogP contribution in [0.1, 0.15) is 65.5 Å². The molecular formula is C34H43ClF3N5O. The first-order valence-electron chi connectivity index (χ1n) is 15.4. The summed E-state index contributed by atoms with van der Waals surface area (Å²) >= 11 is 6.22. The highest BCUT2D eigenvalue weighted by atomic mass is 35.5. The Kier molecular flexibility index (Phi) is 8.86. The van der Waals surface area contributed by atoms with Crippen molar-refractivity contribution < 1.29 is 18.0 Å². The summed E-state index contributed by atoms with van der Waals surface area (Å²) in [5, 5.41) is 6.16. The van der Waals surface area contributed by atoms with Crippen molar-refractivity contribution in [2.24, 2.45) is 11.8 Å². The van der Waals surface area contributed by atoms with Crippen LogP contribution in [0.2, 0.25) is 5.02 Å². The maximum absolute atomic E-state index is 16.7. The van der Waals surface area contributed by atoms with E-state index in [2.05, 4.69) is 43.0 Å². The summed E-state index contributed by atoms with van der Waals surface area (Å²) in [6.45, 7) is 17.3. The molecule has 2 fully saturated rings. The molecule has 3 unspecified atom stereocenters. The third-order valence-electron chi connectivity index (χ3n) is 9.83. The van der Waals surface area contributed by atoms with Gasteiger partial charge in [-0.1, -0.05) is 57.2 Å². The Balaban J connectivity index is 1.43. The van der Waals surface area contributed by atoms with Gasteiger partial charge in [-0.15, -0.1) is 0 Å². The molecule has 1 amide bonds. The molecule has 3 aliphatic rings. The molecule has 1 aromatic carbocycles. The summed E-state index contributed by atoms with van der Waals surface area (Å²) in [5.74, 6) is -0.633. The lowest BCUT2D eigenvalue weighted by Gasteiger charge is -2.43. The molecule has 4 heterocycles. The van der Waals surface area contributed by atoms with Crippen LogP contribution in [0.25, 0.3) is 0 Å². The molecule has 0 aliphatic carbocycles. The van der Waals surface area contributed by atoms with E-state index in [1.54, 1.807) is 23.2 Å². The molecule has 10 heteroatoms. The number of allylic oxidation sites excluding steroid dienone is 2. The molecule has 2 saturated heterocycles. The molecular weight excluding hydrogens is 587 g/mol. The van der Waals surface area contributed by atoms with Gasteiger partial charge in [0.15, 0.2) is 11.6 Å². The van der Waals surface area contributed by atoms with Crippen LogP contribution < -0.4 is 15.5 Å². The topological polar surface area (TPSA) is 60.5 Å². The third-order valence-corrected chi connectivity index (χ3v) is 10.1. The van der Waals surface area contributed by atoms with Crippen molar-refractivity contribution in [3.63, 3.8) is 0 Å². The van der Waals surface area contributed by atoms with E-state index in [1.165, 1.54) is 13.0 Å². The number of amides is 1. The van der Waals surface area contributed by atoms with E-state index in [4.69, 9.17) is 11.6 Å². The van der Waals surface area contributed by atoms with Crippen molar-refractivity contribution in [1.29, 1.82) is 0 Å². The summed E-state index contributed by atoms with van der Waals surface area (Å²) in [6, 6.07) is 4.18. The monoisotopic (exact) mass is 629 g/mol. The number of pyridine rings is 1. The predicted molar refractivity (Wildman–Crippen MR) is 171 cm³/mol. The van der Waals surface area contributed by atoms with E-state index < -0.39 is 28.8 Å². The van der Waals surface area contributed by atoms with Gasteiger partial charge in [-0.2, -0.15) is 0 Å². The zero-order valence-electron chi connectivity index (χ0n) is 26.4. The number of fused-ring (bicyclic) bond motifs is 1. The van der Waals surface area contributed by atoms with E-state index >= 15 is 8.78 Å². The minimum Gasteiger partial charge on any atom is -0.361 e. The fourth-order valence-electron chi connectivity index (χ4n) is 6.73. The molecule has 2 aromatic rings. The van der Waals surface area contributed by atoms with Gasteiger partial charge in [0.1, 0.15) is 11.5 Å². The van der Waals surface area contributed by atoms with E-state index in [-0.39, 0.29) is 41.8 Å². The molecule has 1 aromatic heterocycles. The number of rotatable bonds is 8. The Labute approximate surface area is 263 Å². The van der Waals surface area contributed by atoms with Gasteiger partial charge in [-0.25, -0.2) is 18.2 Å². The number of carbonyl (C=O) groups is 1. The van der Waals surface area contributed by atoms with Gasteiger partial charge in [0.2, 0.25) is 5.91 Å². The summed E-state index contributed by atoms with van der Waals surface area (Å²) < 4.78 is 46.4. The summed E-state index contributed by atoms with van der Waals surface area (Å²) in [4.78, 5) is 21.0. The third kappa shape index (κ3) is 5.73. The van der Waals surface area contributed by atoms with Crippen LogP contribution >= 0.6 is 11.6 Å². The quantitative estimate of drug-likeness (QED) is 0.308. The van der Waals surface area contributed by atoms with E-state index in [0.29, 0.717) is 48.7 Å². The Bertz CT molecular complexity index is 1480. The highest BCUT2D eigenvalue weighted by Crippen LogP contribution is 2.50. The number of hydrogen-bond acceptors (Lipinski definition) is 5. The van der Waals surface area contributed by atoms with Gasteiger partial charge in [0.05, 0.1) is 29.0 Å². The van der Waals surface area contributed by atoms with Gasteiger partial charge in [-0.05, 0) is 57.1 Å². The van der Waals surface area contributed by atoms with E-state index in [0.717, 1.165) is 11.3 Å². The fraction of sp³-hybridized carbons (Fsp3) is 0.529. The number of hydrogen-bond donors (Lipinski definition) is 2. The van der Waals surface area contributed by atoms with Crippen LogP contribution in [-0.4, -0.2) is 59.7 Å². The maximum Gasteiger partial charge on any atom is 0.239 e. The molecule has 238 valence electrons. The first-order chi connectivity index (χ1) is 20.7. The number of halogens is 4. The number of nitrogens with zero attached hydrogens (tertiary/aromatic N) is 3. The first kappa shape index (κ1) is 32.4. The van der Waals surface area contributed by atoms with Crippen LogP contribution in [0.5, 0.6) is 0 Å². The second kappa shape index (κ2) is 12.0. The van der Waals surface area contributed by atoms with Crippen molar-refractivity contribution >= 4 is 29.0 Å². The van der Waals surface area contributed by atoms with Crippen molar-refractivity contribution in [2.45, 2.75) is 77.6 Å². The van der Waals surface area contributed by atoms with Crippen molar-refractivity contribution in [3.8, 4) is 0 Å². The number of benzene rings is 1. The smallest absolute Gasteiger partial charge is 0.239 e. The Morgan fingerprint density at radius 3 is 2.55 bits per heavy atom. The molecule has 0 bridgehead atoms. The highest BCUT2D eigenvalue weighted by Gasteiger charge is 2.47. The fourth-order valence-corrected chi connectivity index (χ4v) is 6.91. The first-order valence-corrected chi connectivity index (χ1v) is 15.8. The van der Waals surface area contributed by atoms with Crippen LogP contribution in [0.15, 0.2) is 48.3 Å². The van der Waals surface area contributed by atoms with Crippen molar-refractivity contribution in [1.82, 2.24) is 15.2 Å². The molecule has 3 aliphatic heterocycles. The average molecular weight is 630 g/mol. The minimum atomic E-state index is -1.31. The molecule has 0 spiro atoms. The molecule has 6 nitrogen and oxygen atoms in total. The van der Waals surface area contributed by atoms with Gasteiger partial charge in [0.25, 0.3) is 0 Å². The van der Waals surface area contributed by atoms with Crippen molar-refractivity contribution in [3.05, 3.63) is 76.1 Å². The predicted octanol–water partition coefficient (Wildman–Crippen LogP) is 6.99. The van der Waals surface area contributed by atoms with Crippen molar-refractivity contribution in [2.75, 3.05) is 36.4 Å². The van der Waals surface area contributed by atoms with Crippen LogP contribution in [0.3, 0.4) is 0 Å². The maximum atomic E-state index is 16.7. The average Bonchev–Trinajstić information content (AvgIpc) is 3.26. The molecule has 0 saturated carbocycles. The van der Waals surface area contributed by atoms with Gasteiger partial charge < -0.3 is 20.4 Å². The summed E-state index contributed by atoms with van der Waals surface area (Å²) in [6.07, 6.45) is 4.42. The van der Waals surface area contributed by atoms with Gasteiger partial charge in [0, 0.05) is 48.4 Å². The number of piperidine rings is 1. The molecule has 5 rings (SSSR count). The summed E-state index contributed by atoms with van der Waals surface area (Å²) in [5.41, 5.74) is 0.490. The minimum absolute atomic E-state index is 0.0271. The Hall–Kier alpha value is -3.04. The molecule has 2 N–H and O–H groups in total. The lowest BCUT2D eigenvalue weighted by molar-refractivity contribution is -0.138. The number of likely N-dealkylation sites (tertiary alicyclic amines) is 1. The van der Waals surface area contributed by atoms with E-state index in [1.807, 2.05) is 24.8 Å². The zero-order valence-corrected chi connectivity index (χ0v) is 27.2. The van der Waals surface area contributed by atoms with Gasteiger partial charge in [-0.3, -0.25) is 4.79 Å². The molecule has 0 radical (unpaired) electrons. The second-order valence-electron chi connectivity index (χ2n) is 13.4. The standard InChI is InChI=1S/C34H43ClF3N5O/c1-8-23(20(4)19(2)3)21(5)43-18-34(7,24-10-9-11-25(35)29(24)36)28-27(43)14-39-31(30(28)37)41-22-15-42(16-22)32(44)26-12-13-33(6,38)17-40-26/h8-11,14,19-20,22,26,40H,5,12-13,15-18H2,1-4,6-7H3,(H,39,41)/b23-8-/t20?,26?,33?,34-/m1/s1. The second-order valence-corrected chi connectivity index (χ2v) is 13.8. The Morgan fingerprint density at radius 1 is 1.23 bits per heavy atom. The number of nitrogens with one attached hydrogen (secondary N) is 2. The molecule has 44 heavy (non-hydrogen) atoms. The number of carbonyl (C=O) groups excluding carboxylic acids is 1.